The van der Waals surface area contributed by atoms with Crippen molar-refractivity contribution in [3.05, 3.63) is 38.1 Å². The maximum atomic E-state index is 10.4. The van der Waals surface area contributed by atoms with Crippen molar-refractivity contribution in [2.75, 3.05) is 5.43 Å². The average Bonchev–Trinajstić information content (AvgIpc) is 2.01. The minimum absolute atomic E-state index is 0.0295. The second-order valence-corrected chi connectivity index (χ2v) is 2.43. The highest BCUT2D eigenvalue weighted by Gasteiger charge is 2.12. The Hall–Kier alpha value is -2.25. The number of anilines is 1. The van der Waals surface area contributed by atoms with E-state index in [9.17, 15) is 20.2 Å². The Morgan fingerprint density at radius 3 is 2.43 bits per heavy atom. The topological polar surface area (TPSA) is 111 Å². The van der Waals surface area contributed by atoms with Crippen molar-refractivity contribution in [1.29, 1.82) is 0 Å². The fourth-order valence-corrected chi connectivity index (χ4v) is 0.902. The molecule has 0 aliphatic rings. The molecule has 1 aromatic heterocycles. The molecule has 0 aliphatic carbocycles. The van der Waals surface area contributed by atoms with Gasteiger partial charge in [-0.15, -0.1) is 0 Å². The third kappa shape index (κ3) is 2.12. The second kappa shape index (κ2) is 3.64. The third-order valence-corrected chi connectivity index (χ3v) is 1.46. The molecule has 0 unspecified atom stereocenters. The van der Waals surface area contributed by atoms with E-state index in [-0.39, 0.29) is 17.2 Å². The normalized spacial score (nSPS) is 9.50. The fraction of sp³-hybridized carbons (Fsp3) is 0.167. The third-order valence-electron chi connectivity index (χ3n) is 1.46. The van der Waals surface area contributed by atoms with Crippen LogP contribution in [-0.2, 0) is 0 Å². The molecule has 0 atom stereocenters. The zero-order valence-corrected chi connectivity index (χ0v) is 7.13. The molecule has 0 aliphatic heterocycles. The largest absolute Gasteiger partial charge is 0.290 e. The highest BCUT2D eigenvalue weighted by Crippen LogP contribution is 2.17. The summed E-state index contributed by atoms with van der Waals surface area (Å²) in [6.07, 6.45) is 0. The number of aromatic nitrogens is 1. The summed E-state index contributed by atoms with van der Waals surface area (Å²) in [7, 11) is 0. The number of hydrogen-bond acceptors (Lipinski definition) is 5. The SMILES string of the molecule is Cc1nc(N[N+](=O)[O-])ccc1[N+](=O)[O-]. The van der Waals surface area contributed by atoms with Gasteiger partial charge in [0.15, 0.2) is 10.9 Å². The standard InChI is InChI=1S/C6H6N4O4/c1-4-5(9(11)12)2-3-6(7-4)8-10(13)14/h2-3H,1H3,(H,7,8). The summed E-state index contributed by atoms with van der Waals surface area (Å²) < 4.78 is 0. The zero-order valence-electron chi connectivity index (χ0n) is 7.13. The first-order chi connectivity index (χ1) is 6.50. The van der Waals surface area contributed by atoms with Crippen LogP contribution in [0.1, 0.15) is 5.69 Å². The lowest BCUT2D eigenvalue weighted by atomic mass is 10.3. The number of hydrazine groups is 1. The maximum absolute atomic E-state index is 10.4. The first-order valence-corrected chi connectivity index (χ1v) is 3.54. The molecule has 0 amide bonds. The molecule has 8 heteroatoms. The molecule has 0 spiro atoms. The van der Waals surface area contributed by atoms with Gasteiger partial charge >= 0.3 is 0 Å². The molecule has 1 rings (SSSR count). The molecular formula is C6H6N4O4. The van der Waals surface area contributed by atoms with Crippen molar-refractivity contribution in [2.45, 2.75) is 6.92 Å². The van der Waals surface area contributed by atoms with E-state index < -0.39 is 9.96 Å². The van der Waals surface area contributed by atoms with E-state index in [2.05, 4.69) is 4.98 Å². The van der Waals surface area contributed by atoms with Crippen LogP contribution in [0.25, 0.3) is 0 Å². The molecule has 14 heavy (non-hydrogen) atoms. The molecule has 0 aromatic carbocycles. The zero-order chi connectivity index (χ0) is 10.7. The molecule has 0 bridgehead atoms. The van der Waals surface area contributed by atoms with E-state index in [4.69, 9.17) is 0 Å². The fourth-order valence-electron chi connectivity index (χ4n) is 0.902. The molecule has 1 aromatic rings. The molecule has 1 heterocycles. The number of aryl methyl sites for hydroxylation is 1. The van der Waals surface area contributed by atoms with Gasteiger partial charge in [-0.2, -0.15) is 0 Å². The molecule has 1 N–H and O–H groups in total. The van der Waals surface area contributed by atoms with Gasteiger partial charge in [0, 0.05) is 6.07 Å². The Morgan fingerprint density at radius 1 is 1.36 bits per heavy atom. The van der Waals surface area contributed by atoms with Crippen molar-refractivity contribution in [1.82, 2.24) is 4.98 Å². The first-order valence-electron chi connectivity index (χ1n) is 3.54. The van der Waals surface area contributed by atoms with Crippen LogP contribution in [0.15, 0.2) is 12.1 Å². The molecule has 0 fully saturated rings. The van der Waals surface area contributed by atoms with Crippen LogP contribution in [0, 0.1) is 27.2 Å². The van der Waals surface area contributed by atoms with E-state index in [1.807, 2.05) is 0 Å². The highest BCUT2D eigenvalue weighted by atomic mass is 16.7. The lowest BCUT2D eigenvalue weighted by molar-refractivity contribution is -0.445. The summed E-state index contributed by atoms with van der Waals surface area (Å²) in [5.74, 6) is -0.0295. The number of nitro groups is 2. The van der Waals surface area contributed by atoms with Crippen molar-refractivity contribution < 1.29 is 9.96 Å². The summed E-state index contributed by atoms with van der Waals surface area (Å²) in [5.41, 5.74) is 1.76. The Labute approximate surface area is 77.8 Å². The number of hydrogen-bond donors (Lipinski definition) is 1. The summed E-state index contributed by atoms with van der Waals surface area (Å²) in [4.78, 5) is 23.4. The smallest absolute Gasteiger partial charge is 0.258 e. The van der Waals surface area contributed by atoms with E-state index in [0.717, 1.165) is 6.07 Å². The van der Waals surface area contributed by atoms with Crippen molar-refractivity contribution >= 4 is 11.5 Å². The van der Waals surface area contributed by atoms with Gasteiger partial charge in [0.25, 0.3) is 5.69 Å². The van der Waals surface area contributed by atoms with Gasteiger partial charge in [0.1, 0.15) is 5.69 Å². The molecule has 0 saturated heterocycles. The average molecular weight is 198 g/mol. The minimum atomic E-state index is -0.784. The summed E-state index contributed by atoms with van der Waals surface area (Å²) >= 11 is 0. The van der Waals surface area contributed by atoms with E-state index in [1.165, 1.54) is 13.0 Å². The lowest BCUT2D eigenvalue weighted by Crippen LogP contribution is -2.10. The van der Waals surface area contributed by atoms with Crippen LogP contribution >= 0.6 is 0 Å². The Bertz CT molecular complexity index is 391. The van der Waals surface area contributed by atoms with Crippen LogP contribution in [0.5, 0.6) is 0 Å². The van der Waals surface area contributed by atoms with Crippen molar-refractivity contribution in [2.24, 2.45) is 0 Å². The summed E-state index contributed by atoms with van der Waals surface area (Å²) in [5, 5.41) is 19.6. The molecule has 0 saturated carbocycles. The quantitative estimate of drug-likeness (QED) is 0.570. The van der Waals surface area contributed by atoms with Gasteiger partial charge in [-0.25, -0.2) is 15.1 Å². The van der Waals surface area contributed by atoms with Gasteiger partial charge in [-0.1, -0.05) is 5.43 Å². The van der Waals surface area contributed by atoms with Gasteiger partial charge in [0.2, 0.25) is 0 Å². The van der Waals surface area contributed by atoms with E-state index in [0.29, 0.717) is 0 Å². The van der Waals surface area contributed by atoms with E-state index >= 15 is 0 Å². The van der Waals surface area contributed by atoms with Crippen LogP contribution in [-0.4, -0.2) is 14.9 Å². The number of nitrogens with zero attached hydrogens (tertiary/aromatic N) is 3. The highest BCUT2D eigenvalue weighted by molar-refractivity contribution is 5.43. The Morgan fingerprint density at radius 2 is 2.00 bits per heavy atom. The van der Waals surface area contributed by atoms with Crippen molar-refractivity contribution in [3.8, 4) is 0 Å². The van der Waals surface area contributed by atoms with E-state index in [1.54, 1.807) is 5.43 Å². The van der Waals surface area contributed by atoms with Gasteiger partial charge in [-0.3, -0.25) is 10.1 Å². The predicted octanol–water partition coefficient (Wildman–Crippen LogP) is 0.902. The molecule has 8 nitrogen and oxygen atoms in total. The summed E-state index contributed by atoms with van der Waals surface area (Å²) in [6, 6.07) is 2.34. The number of nitrogens with one attached hydrogen (secondary N) is 1. The van der Waals surface area contributed by atoms with Crippen molar-refractivity contribution in [3.63, 3.8) is 0 Å². The first kappa shape index (κ1) is 9.84. The van der Waals surface area contributed by atoms with Crippen LogP contribution in [0.2, 0.25) is 0 Å². The predicted molar refractivity (Wildman–Crippen MR) is 46.2 cm³/mol. The van der Waals surface area contributed by atoms with Crippen LogP contribution in [0.3, 0.4) is 0 Å². The summed E-state index contributed by atoms with van der Waals surface area (Å²) in [6.45, 7) is 1.41. The molecule has 0 radical (unpaired) electrons. The number of rotatable bonds is 3. The maximum Gasteiger partial charge on any atom is 0.290 e. The molecule has 74 valence electrons. The minimum Gasteiger partial charge on any atom is -0.258 e. The van der Waals surface area contributed by atoms with Crippen LogP contribution in [0.4, 0.5) is 11.5 Å². The van der Waals surface area contributed by atoms with Crippen LogP contribution < -0.4 is 5.43 Å². The van der Waals surface area contributed by atoms with Gasteiger partial charge < -0.3 is 0 Å². The Balaban J connectivity index is 3.00. The second-order valence-electron chi connectivity index (χ2n) is 2.43. The number of pyridine rings is 1. The van der Waals surface area contributed by atoms with Gasteiger partial charge in [-0.05, 0) is 13.0 Å². The van der Waals surface area contributed by atoms with Gasteiger partial charge in [0.05, 0.1) is 4.92 Å². The monoisotopic (exact) mass is 198 g/mol. The lowest BCUT2D eigenvalue weighted by Gasteiger charge is -1.98. The molecular weight excluding hydrogens is 192 g/mol. The Kier molecular flexibility index (Phi) is 2.56.